The molecule has 0 saturated carbocycles. The third-order valence-corrected chi connectivity index (χ3v) is 4.91. The second kappa shape index (κ2) is 10.8. The highest BCUT2D eigenvalue weighted by Crippen LogP contribution is 2.19. The van der Waals surface area contributed by atoms with Gasteiger partial charge in [0.05, 0.1) is 19.8 Å². The molecule has 1 fully saturated rings. The SMILES string of the molecule is CCOc1ccccc1CCCNC(=O)c1ccc(CN2CCOCC2)cc1. The van der Waals surface area contributed by atoms with Gasteiger partial charge < -0.3 is 14.8 Å². The van der Waals surface area contributed by atoms with Gasteiger partial charge in [0.1, 0.15) is 5.75 Å². The predicted octanol–water partition coefficient (Wildman–Crippen LogP) is 3.28. The number of rotatable bonds is 9. The van der Waals surface area contributed by atoms with Gasteiger partial charge in [-0.2, -0.15) is 0 Å². The molecule has 1 amide bonds. The van der Waals surface area contributed by atoms with Crippen molar-refractivity contribution in [2.75, 3.05) is 39.5 Å². The first kappa shape index (κ1) is 20.4. The molecule has 0 spiro atoms. The van der Waals surface area contributed by atoms with Crippen LogP contribution in [0.25, 0.3) is 0 Å². The molecule has 1 aliphatic heterocycles. The molecule has 0 aliphatic carbocycles. The highest BCUT2D eigenvalue weighted by atomic mass is 16.5. The van der Waals surface area contributed by atoms with Crippen LogP contribution in [0.1, 0.15) is 34.8 Å². The van der Waals surface area contributed by atoms with Crippen molar-refractivity contribution in [3.63, 3.8) is 0 Å². The van der Waals surface area contributed by atoms with Crippen LogP contribution >= 0.6 is 0 Å². The van der Waals surface area contributed by atoms with Crippen LogP contribution in [0, 0.1) is 0 Å². The normalized spacial score (nSPS) is 14.6. The molecule has 5 heteroatoms. The van der Waals surface area contributed by atoms with E-state index in [-0.39, 0.29) is 5.91 Å². The number of nitrogens with zero attached hydrogens (tertiary/aromatic N) is 1. The average Bonchev–Trinajstić information content (AvgIpc) is 2.73. The lowest BCUT2D eigenvalue weighted by Crippen LogP contribution is -2.35. The maximum atomic E-state index is 12.4. The average molecular weight is 383 g/mol. The first-order valence-electron chi connectivity index (χ1n) is 10.1. The maximum absolute atomic E-state index is 12.4. The van der Waals surface area contributed by atoms with Gasteiger partial charge in [-0.1, -0.05) is 30.3 Å². The number of ether oxygens (including phenoxy) is 2. The minimum absolute atomic E-state index is 0.0176. The summed E-state index contributed by atoms with van der Waals surface area (Å²) in [5, 5.41) is 3.01. The molecular weight excluding hydrogens is 352 g/mol. The molecule has 1 heterocycles. The van der Waals surface area contributed by atoms with Gasteiger partial charge in [-0.15, -0.1) is 0 Å². The molecule has 0 aromatic heterocycles. The van der Waals surface area contributed by atoms with Crippen molar-refractivity contribution in [3.8, 4) is 5.75 Å². The molecule has 28 heavy (non-hydrogen) atoms. The summed E-state index contributed by atoms with van der Waals surface area (Å²) in [7, 11) is 0. The fraction of sp³-hybridized carbons (Fsp3) is 0.435. The van der Waals surface area contributed by atoms with Gasteiger partial charge in [-0.25, -0.2) is 0 Å². The van der Waals surface area contributed by atoms with E-state index in [1.54, 1.807) is 0 Å². The number of hydrogen-bond acceptors (Lipinski definition) is 4. The van der Waals surface area contributed by atoms with E-state index in [2.05, 4.69) is 16.3 Å². The van der Waals surface area contributed by atoms with Gasteiger partial charge in [0.2, 0.25) is 0 Å². The first-order chi connectivity index (χ1) is 13.8. The number of aryl methyl sites for hydroxylation is 1. The number of benzene rings is 2. The Morgan fingerprint density at radius 3 is 2.61 bits per heavy atom. The number of morpholine rings is 1. The Labute approximate surface area is 167 Å². The van der Waals surface area contributed by atoms with Gasteiger partial charge in [0, 0.05) is 31.7 Å². The lowest BCUT2D eigenvalue weighted by Gasteiger charge is -2.26. The smallest absolute Gasteiger partial charge is 0.251 e. The van der Waals surface area contributed by atoms with E-state index in [1.807, 2.05) is 49.4 Å². The van der Waals surface area contributed by atoms with Gasteiger partial charge >= 0.3 is 0 Å². The number of amides is 1. The standard InChI is InChI=1S/C23H30N2O3/c1-2-28-22-8-4-3-6-20(22)7-5-13-24-23(26)21-11-9-19(10-12-21)18-25-14-16-27-17-15-25/h3-4,6,8-12H,2,5,7,13-18H2,1H3,(H,24,26). The molecule has 0 unspecified atom stereocenters. The Bertz CT molecular complexity index is 740. The summed E-state index contributed by atoms with van der Waals surface area (Å²) >= 11 is 0. The second-order valence-electron chi connectivity index (χ2n) is 6.99. The minimum atomic E-state index is -0.0176. The fourth-order valence-electron chi connectivity index (χ4n) is 3.37. The fourth-order valence-corrected chi connectivity index (χ4v) is 3.37. The molecule has 0 radical (unpaired) electrons. The monoisotopic (exact) mass is 382 g/mol. The van der Waals surface area contributed by atoms with Crippen molar-refractivity contribution in [1.29, 1.82) is 0 Å². The minimum Gasteiger partial charge on any atom is -0.494 e. The summed E-state index contributed by atoms with van der Waals surface area (Å²) in [6, 6.07) is 16.0. The van der Waals surface area contributed by atoms with Crippen molar-refractivity contribution in [2.24, 2.45) is 0 Å². The molecule has 2 aromatic carbocycles. The van der Waals surface area contributed by atoms with E-state index in [0.717, 1.165) is 51.4 Å². The summed E-state index contributed by atoms with van der Waals surface area (Å²) < 4.78 is 11.0. The Morgan fingerprint density at radius 1 is 1.11 bits per heavy atom. The van der Waals surface area contributed by atoms with Crippen LogP contribution in [0.3, 0.4) is 0 Å². The zero-order valence-corrected chi connectivity index (χ0v) is 16.7. The molecule has 3 rings (SSSR count). The van der Waals surface area contributed by atoms with Crippen LogP contribution in [0.15, 0.2) is 48.5 Å². The zero-order valence-electron chi connectivity index (χ0n) is 16.7. The third-order valence-electron chi connectivity index (χ3n) is 4.91. The van der Waals surface area contributed by atoms with E-state index in [0.29, 0.717) is 18.7 Å². The van der Waals surface area contributed by atoms with Crippen molar-refractivity contribution < 1.29 is 14.3 Å². The largest absolute Gasteiger partial charge is 0.494 e. The molecule has 0 atom stereocenters. The number of para-hydroxylation sites is 1. The first-order valence-corrected chi connectivity index (χ1v) is 10.1. The number of carbonyl (C=O) groups excluding carboxylic acids is 1. The highest BCUT2D eigenvalue weighted by Gasteiger charge is 2.11. The third kappa shape index (κ3) is 6.08. The van der Waals surface area contributed by atoms with E-state index >= 15 is 0 Å². The lowest BCUT2D eigenvalue weighted by atomic mass is 10.1. The van der Waals surface area contributed by atoms with E-state index in [4.69, 9.17) is 9.47 Å². The molecule has 1 aliphatic rings. The summed E-state index contributed by atoms with van der Waals surface area (Å²) in [5.74, 6) is 0.920. The van der Waals surface area contributed by atoms with Gasteiger partial charge in [0.15, 0.2) is 0 Å². The number of hydrogen-bond donors (Lipinski definition) is 1. The molecule has 1 N–H and O–H groups in total. The van der Waals surface area contributed by atoms with Crippen LogP contribution in [0.5, 0.6) is 5.75 Å². The lowest BCUT2D eigenvalue weighted by molar-refractivity contribution is 0.0342. The predicted molar refractivity (Wildman–Crippen MR) is 111 cm³/mol. The van der Waals surface area contributed by atoms with E-state index in [1.165, 1.54) is 11.1 Å². The molecule has 5 nitrogen and oxygen atoms in total. The van der Waals surface area contributed by atoms with Crippen LogP contribution in [0.2, 0.25) is 0 Å². The maximum Gasteiger partial charge on any atom is 0.251 e. The zero-order chi connectivity index (χ0) is 19.6. The highest BCUT2D eigenvalue weighted by molar-refractivity contribution is 5.94. The van der Waals surface area contributed by atoms with Crippen LogP contribution < -0.4 is 10.1 Å². The van der Waals surface area contributed by atoms with Gasteiger partial charge in [-0.3, -0.25) is 9.69 Å². The molecular formula is C23H30N2O3. The van der Waals surface area contributed by atoms with Gasteiger partial charge in [0.25, 0.3) is 5.91 Å². The van der Waals surface area contributed by atoms with Gasteiger partial charge in [-0.05, 0) is 49.1 Å². The van der Waals surface area contributed by atoms with Crippen molar-refractivity contribution in [3.05, 3.63) is 65.2 Å². The molecule has 2 aromatic rings. The van der Waals surface area contributed by atoms with Crippen LogP contribution in [-0.4, -0.2) is 50.3 Å². The quantitative estimate of drug-likeness (QED) is 0.676. The molecule has 1 saturated heterocycles. The summed E-state index contributed by atoms with van der Waals surface area (Å²) in [6.45, 7) is 7.74. The summed E-state index contributed by atoms with van der Waals surface area (Å²) in [5.41, 5.74) is 3.12. The van der Waals surface area contributed by atoms with Crippen LogP contribution in [-0.2, 0) is 17.7 Å². The summed E-state index contributed by atoms with van der Waals surface area (Å²) in [6.07, 6.45) is 1.76. The second-order valence-corrected chi connectivity index (χ2v) is 6.99. The number of nitrogens with one attached hydrogen (secondary N) is 1. The topological polar surface area (TPSA) is 50.8 Å². The summed E-state index contributed by atoms with van der Waals surface area (Å²) in [4.78, 5) is 14.7. The van der Waals surface area contributed by atoms with E-state index < -0.39 is 0 Å². The van der Waals surface area contributed by atoms with Crippen molar-refractivity contribution >= 4 is 5.91 Å². The van der Waals surface area contributed by atoms with Crippen LogP contribution in [0.4, 0.5) is 0 Å². The Balaban J connectivity index is 1.42. The molecule has 0 bridgehead atoms. The molecule has 150 valence electrons. The van der Waals surface area contributed by atoms with Crippen molar-refractivity contribution in [1.82, 2.24) is 10.2 Å². The Morgan fingerprint density at radius 2 is 1.86 bits per heavy atom. The Hall–Kier alpha value is -2.37. The Kier molecular flexibility index (Phi) is 7.88. The van der Waals surface area contributed by atoms with Crippen molar-refractivity contribution in [2.45, 2.75) is 26.3 Å². The van der Waals surface area contributed by atoms with E-state index in [9.17, 15) is 4.79 Å². The number of carbonyl (C=O) groups is 1.